The van der Waals surface area contributed by atoms with Crippen molar-refractivity contribution < 1.29 is 9.90 Å². The summed E-state index contributed by atoms with van der Waals surface area (Å²) in [6, 6.07) is 6.04. The number of benzene rings is 1. The standard InChI is InChI=1S/C15H20N2O2S/c1-10-5-6-12-11(9-10)13(16)14(20-12)15(19)17-7-3-2-4-8-18/h5-6,9,18H,2-4,7-8,16H2,1H3,(H,17,19). The van der Waals surface area contributed by atoms with Crippen LogP contribution in [-0.4, -0.2) is 24.2 Å². The van der Waals surface area contributed by atoms with Crippen molar-refractivity contribution in [2.45, 2.75) is 26.2 Å². The molecule has 0 radical (unpaired) electrons. The summed E-state index contributed by atoms with van der Waals surface area (Å²) in [5.41, 5.74) is 7.79. The van der Waals surface area contributed by atoms with E-state index >= 15 is 0 Å². The summed E-state index contributed by atoms with van der Waals surface area (Å²) in [6.45, 7) is 2.83. The van der Waals surface area contributed by atoms with Crippen LogP contribution in [0.2, 0.25) is 0 Å². The van der Waals surface area contributed by atoms with Crippen molar-refractivity contribution in [3.63, 3.8) is 0 Å². The fourth-order valence-corrected chi connectivity index (χ4v) is 3.11. The topological polar surface area (TPSA) is 75.3 Å². The molecule has 0 aliphatic heterocycles. The number of unbranched alkanes of at least 4 members (excludes halogenated alkanes) is 2. The largest absolute Gasteiger partial charge is 0.397 e. The average Bonchev–Trinajstić information content (AvgIpc) is 2.76. The van der Waals surface area contributed by atoms with Gasteiger partial charge in [0.25, 0.3) is 5.91 Å². The number of nitrogens with one attached hydrogen (secondary N) is 1. The molecule has 1 amide bonds. The summed E-state index contributed by atoms with van der Waals surface area (Å²) in [5.74, 6) is -0.106. The van der Waals surface area contributed by atoms with Gasteiger partial charge in [0.05, 0.1) is 5.69 Å². The van der Waals surface area contributed by atoms with Crippen LogP contribution < -0.4 is 11.1 Å². The fourth-order valence-electron chi connectivity index (χ4n) is 2.09. The molecule has 5 heteroatoms. The first-order chi connectivity index (χ1) is 9.63. The van der Waals surface area contributed by atoms with Crippen molar-refractivity contribution >= 4 is 33.0 Å². The van der Waals surface area contributed by atoms with E-state index < -0.39 is 0 Å². The number of carbonyl (C=O) groups is 1. The zero-order valence-electron chi connectivity index (χ0n) is 11.6. The summed E-state index contributed by atoms with van der Waals surface area (Å²) in [6.07, 6.45) is 2.56. The second-order valence-electron chi connectivity index (χ2n) is 4.88. The van der Waals surface area contributed by atoms with E-state index in [1.54, 1.807) is 0 Å². The average molecular weight is 292 g/mol. The minimum absolute atomic E-state index is 0.106. The Morgan fingerprint density at radius 2 is 2.15 bits per heavy atom. The first kappa shape index (κ1) is 14.8. The van der Waals surface area contributed by atoms with Gasteiger partial charge < -0.3 is 16.2 Å². The Morgan fingerprint density at radius 1 is 1.35 bits per heavy atom. The highest BCUT2D eigenvalue weighted by Crippen LogP contribution is 2.34. The van der Waals surface area contributed by atoms with Gasteiger partial charge in [-0.15, -0.1) is 11.3 Å². The van der Waals surface area contributed by atoms with E-state index in [9.17, 15) is 4.79 Å². The normalized spacial score (nSPS) is 10.9. The second-order valence-corrected chi connectivity index (χ2v) is 5.94. The zero-order valence-corrected chi connectivity index (χ0v) is 12.4. The lowest BCUT2D eigenvalue weighted by Crippen LogP contribution is -2.24. The van der Waals surface area contributed by atoms with Crippen molar-refractivity contribution in [3.05, 3.63) is 28.6 Å². The number of aliphatic hydroxyl groups is 1. The third-order valence-corrected chi connectivity index (χ3v) is 4.39. The lowest BCUT2D eigenvalue weighted by Gasteiger charge is -2.03. The minimum atomic E-state index is -0.106. The number of amides is 1. The second kappa shape index (κ2) is 6.72. The molecule has 0 fully saturated rings. The van der Waals surface area contributed by atoms with Crippen molar-refractivity contribution in [2.24, 2.45) is 0 Å². The number of rotatable bonds is 6. The molecule has 0 bridgehead atoms. The Morgan fingerprint density at radius 3 is 2.90 bits per heavy atom. The Balaban J connectivity index is 2.05. The van der Waals surface area contributed by atoms with E-state index in [-0.39, 0.29) is 12.5 Å². The molecule has 0 atom stereocenters. The molecule has 0 unspecified atom stereocenters. The number of thiophene rings is 1. The van der Waals surface area contributed by atoms with Gasteiger partial charge in [-0.3, -0.25) is 4.79 Å². The monoisotopic (exact) mass is 292 g/mol. The lowest BCUT2D eigenvalue weighted by atomic mass is 10.1. The van der Waals surface area contributed by atoms with Crippen molar-refractivity contribution in [1.29, 1.82) is 0 Å². The molecular weight excluding hydrogens is 272 g/mol. The molecule has 0 saturated heterocycles. The number of carbonyl (C=O) groups excluding carboxylic acids is 1. The van der Waals surface area contributed by atoms with Gasteiger partial charge in [-0.2, -0.15) is 0 Å². The molecule has 0 aliphatic carbocycles. The quantitative estimate of drug-likeness (QED) is 0.717. The molecule has 1 heterocycles. The SMILES string of the molecule is Cc1ccc2sc(C(=O)NCCCCCO)c(N)c2c1. The first-order valence-electron chi connectivity index (χ1n) is 6.81. The number of fused-ring (bicyclic) bond motifs is 1. The lowest BCUT2D eigenvalue weighted by molar-refractivity contribution is 0.0958. The highest BCUT2D eigenvalue weighted by molar-refractivity contribution is 7.21. The summed E-state index contributed by atoms with van der Waals surface area (Å²) >= 11 is 1.43. The van der Waals surface area contributed by atoms with Crippen LogP contribution in [0.3, 0.4) is 0 Å². The number of aliphatic hydroxyl groups excluding tert-OH is 1. The predicted octanol–water partition coefficient (Wildman–Crippen LogP) is 2.68. The summed E-state index contributed by atoms with van der Waals surface area (Å²) in [5, 5.41) is 12.5. The van der Waals surface area contributed by atoms with Crippen molar-refractivity contribution in [1.82, 2.24) is 5.32 Å². The molecule has 4 nitrogen and oxygen atoms in total. The Kier molecular flexibility index (Phi) is 4.98. The number of hydrogen-bond acceptors (Lipinski definition) is 4. The molecule has 108 valence electrons. The van der Waals surface area contributed by atoms with Crippen LogP contribution in [-0.2, 0) is 0 Å². The minimum Gasteiger partial charge on any atom is -0.397 e. The van der Waals surface area contributed by atoms with Gasteiger partial charge in [0.1, 0.15) is 4.88 Å². The summed E-state index contributed by atoms with van der Waals surface area (Å²) in [7, 11) is 0. The van der Waals surface area contributed by atoms with Gasteiger partial charge in [-0.1, -0.05) is 11.6 Å². The highest BCUT2D eigenvalue weighted by atomic mass is 32.1. The van der Waals surface area contributed by atoms with Crippen LogP contribution in [0.1, 0.15) is 34.5 Å². The smallest absolute Gasteiger partial charge is 0.263 e. The van der Waals surface area contributed by atoms with Crippen LogP contribution in [0, 0.1) is 6.92 Å². The number of aryl methyl sites for hydroxylation is 1. The van der Waals surface area contributed by atoms with Gasteiger partial charge in [0.15, 0.2) is 0 Å². The molecule has 1 aromatic carbocycles. The van der Waals surface area contributed by atoms with E-state index in [1.165, 1.54) is 11.3 Å². The van der Waals surface area contributed by atoms with Crippen LogP contribution >= 0.6 is 11.3 Å². The fraction of sp³-hybridized carbons (Fsp3) is 0.400. The molecule has 2 rings (SSSR count). The Hall–Kier alpha value is -1.59. The molecule has 0 aliphatic rings. The van der Waals surface area contributed by atoms with E-state index in [1.807, 2.05) is 25.1 Å². The van der Waals surface area contributed by atoms with Gasteiger partial charge >= 0.3 is 0 Å². The van der Waals surface area contributed by atoms with Crippen LogP contribution in [0.25, 0.3) is 10.1 Å². The van der Waals surface area contributed by atoms with E-state index in [0.717, 1.165) is 34.9 Å². The number of anilines is 1. The van der Waals surface area contributed by atoms with E-state index in [4.69, 9.17) is 10.8 Å². The molecular formula is C15H20N2O2S. The highest BCUT2D eigenvalue weighted by Gasteiger charge is 2.15. The molecule has 4 N–H and O–H groups in total. The maximum atomic E-state index is 12.1. The number of nitrogen functional groups attached to an aromatic ring is 1. The van der Waals surface area contributed by atoms with E-state index in [0.29, 0.717) is 17.1 Å². The van der Waals surface area contributed by atoms with Gasteiger partial charge in [-0.05, 0) is 38.3 Å². The Bertz CT molecular complexity index is 607. The van der Waals surface area contributed by atoms with Crippen molar-refractivity contribution in [3.8, 4) is 0 Å². The maximum absolute atomic E-state index is 12.1. The molecule has 1 aromatic heterocycles. The maximum Gasteiger partial charge on any atom is 0.263 e. The Labute approximate surface area is 122 Å². The predicted molar refractivity (Wildman–Crippen MR) is 84.2 cm³/mol. The zero-order chi connectivity index (χ0) is 14.5. The molecule has 0 saturated carbocycles. The third kappa shape index (κ3) is 3.29. The molecule has 20 heavy (non-hydrogen) atoms. The van der Waals surface area contributed by atoms with E-state index in [2.05, 4.69) is 5.32 Å². The molecule has 0 spiro atoms. The van der Waals surface area contributed by atoms with Crippen LogP contribution in [0.15, 0.2) is 18.2 Å². The molecule has 2 aromatic rings. The number of hydrogen-bond donors (Lipinski definition) is 3. The van der Waals surface area contributed by atoms with Crippen LogP contribution in [0.4, 0.5) is 5.69 Å². The van der Waals surface area contributed by atoms with Crippen molar-refractivity contribution in [2.75, 3.05) is 18.9 Å². The first-order valence-corrected chi connectivity index (χ1v) is 7.63. The summed E-state index contributed by atoms with van der Waals surface area (Å²) in [4.78, 5) is 12.7. The van der Waals surface area contributed by atoms with Crippen LogP contribution in [0.5, 0.6) is 0 Å². The van der Waals surface area contributed by atoms with Gasteiger partial charge in [-0.25, -0.2) is 0 Å². The third-order valence-electron chi connectivity index (χ3n) is 3.21. The summed E-state index contributed by atoms with van der Waals surface area (Å²) < 4.78 is 1.04. The number of nitrogens with two attached hydrogens (primary N) is 1. The van der Waals surface area contributed by atoms with Gasteiger partial charge in [0.2, 0.25) is 0 Å². The van der Waals surface area contributed by atoms with Gasteiger partial charge in [0, 0.05) is 23.2 Å².